The SMILES string of the molecule is O=C(O)c1c(F)cc(I)cc1Br. The van der Waals surface area contributed by atoms with Crippen LogP contribution in [0.4, 0.5) is 4.39 Å². The largest absolute Gasteiger partial charge is 0.478 e. The highest BCUT2D eigenvalue weighted by molar-refractivity contribution is 14.1. The van der Waals surface area contributed by atoms with E-state index >= 15 is 0 Å². The molecule has 0 aliphatic heterocycles. The van der Waals surface area contributed by atoms with E-state index in [-0.39, 0.29) is 10.0 Å². The Hall–Kier alpha value is -0.170. The first-order chi connectivity index (χ1) is 5.52. The third-order valence-electron chi connectivity index (χ3n) is 1.22. The van der Waals surface area contributed by atoms with Crippen molar-refractivity contribution in [3.8, 4) is 0 Å². The van der Waals surface area contributed by atoms with Gasteiger partial charge in [0.1, 0.15) is 11.4 Å². The standard InChI is InChI=1S/C7H3BrFIO2/c8-4-1-3(10)2-5(9)6(4)7(11)12/h1-2H,(H,11,12). The van der Waals surface area contributed by atoms with E-state index in [1.54, 1.807) is 6.07 Å². The van der Waals surface area contributed by atoms with Gasteiger partial charge in [0.05, 0.1) is 0 Å². The summed E-state index contributed by atoms with van der Waals surface area (Å²) < 4.78 is 13.9. The molecule has 0 atom stereocenters. The van der Waals surface area contributed by atoms with E-state index < -0.39 is 11.8 Å². The molecule has 1 aromatic carbocycles. The lowest BCUT2D eigenvalue weighted by Gasteiger charge is -2.00. The second-order valence-corrected chi connectivity index (χ2v) is 4.15. The molecule has 1 rings (SSSR count). The molecule has 0 amide bonds. The van der Waals surface area contributed by atoms with E-state index in [1.807, 2.05) is 22.6 Å². The molecule has 0 aliphatic carbocycles. The molecule has 0 aromatic heterocycles. The molecular formula is C7H3BrFIO2. The first-order valence-corrected chi connectivity index (χ1v) is 4.77. The minimum atomic E-state index is -1.27. The van der Waals surface area contributed by atoms with Crippen molar-refractivity contribution < 1.29 is 14.3 Å². The van der Waals surface area contributed by atoms with Crippen LogP contribution in [-0.2, 0) is 0 Å². The van der Waals surface area contributed by atoms with Crippen LogP contribution >= 0.6 is 38.5 Å². The van der Waals surface area contributed by atoms with Crippen molar-refractivity contribution in [2.75, 3.05) is 0 Å². The van der Waals surface area contributed by atoms with Gasteiger partial charge in [-0.2, -0.15) is 0 Å². The van der Waals surface area contributed by atoms with Crippen molar-refractivity contribution >= 4 is 44.5 Å². The molecule has 0 aliphatic rings. The Bertz CT molecular complexity index is 317. The van der Waals surface area contributed by atoms with Gasteiger partial charge in [0, 0.05) is 8.04 Å². The number of carboxylic acid groups (broad SMARTS) is 1. The molecule has 0 heterocycles. The molecule has 0 saturated heterocycles. The fourth-order valence-corrected chi connectivity index (χ4v) is 2.36. The summed E-state index contributed by atoms with van der Waals surface area (Å²) in [6.45, 7) is 0. The normalized spacial score (nSPS) is 9.92. The minimum absolute atomic E-state index is 0.263. The van der Waals surface area contributed by atoms with Gasteiger partial charge in [-0.15, -0.1) is 0 Å². The second-order valence-electron chi connectivity index (χ2n) is 2.05. The number of hydrogen-bond donors (Lipinski definition) is 1. The summed E-state index contributed by atoms with van der Waals surface area (Å²) in [5, 5.41) is 8.56. The quantitative estimate of drug-likeness (QED) is 0.795. The Kier molecular flexibility index (Phi) is 3.05. The van der Waals surface area contributed by atoms with Gasteiger partial charge in [0.2, 0.25) is 0 Å². The van der Waals surface area contributed by atoms with Crippen molar-refractivity contribution in [3.63, 3.8) is 0 Å². The molecule has 0 radical (unpaired) electrons. The van der Waals surface area contributed by atoms with Crippen LogP contribution in [0, 0.1) is 9.39 Å². The Labute approximate surface area is 90.0 Å². The van der Waals surface area contributed by atoms with Crippen LogP contribution in [0.3, 0.4) is 0 Å². The van der Waals surface area contributed by atoms with E-state index in [1.165, 1.54) is 6.07 Å². The summed E-state index contributed by atoms with van der Waals surface area (Å²) in [4.78, 5) is 10.5. The minimum Gasteiger partial charge on any atom is -0.478 e. The summed E-state index contributed by atoms with van der Waals surface area (Å²) >= 11 is 4.88. The van der Waals surface area contributed by atoms with Gasteiger partial charge in [-0.25, -0.2) is 9.18 Å². The van der Waals surface area contributed by atoms with Crippen molar-refractivity contribution in [2.24, 2.45) is 0 Å². The third kappa shape index (κ3) is 1.95. The Morgan fingerprint density at radius 3 is 2.58 bits per heavy atom. The van der Waals surface area contributed by atoms with Gasteiger partial charge < -0.3 is 5.11 Å². The highest BCUT2D eigenvalue weighted by Crippen LogP contribution is 2.22. The van der Waals surface area contributed by atoms with Gasteiger partial charge in [0.25, 0.3) is 0 Å². The average molecular weight is 345 g/mol. The lowest BCUT2D eigenvalue weighted by Crippen LogP contribution is -2.02. The fourth-order valence-electron chi connectivity index (χ4n) is 0.747. The zero-order valence-corrected chi connectivity index (χ0v) is 9.39. The van der Waals surface area contributed by atoms with Crippen LogP contribution in [0.15, 0.2) is 16.6 Å². The highest BCUT2D eigenvalue weighted by atomic mass is 127. The van der Waals surface area contributed by atoms with E-state index in [0.29, 0.717) is 3.57 Å². The first kappa shape index (κ1) is 9.91. The lowest BCUT2D eigenvalue weighted by atomic mass is 10.2. The molecule has 0 saturated carbocycles. The maximum absolute atomic E-state index is 12.9. The van der Waals surface area contributed by atoms with Crippen molar-refractivity contribution in [2.45, 2.75) is 0 Å². The van der Waals surface area contributed by atoms with Crippen molar-refractivity contribution in [1.82, 2.24) is 0 Å². The lowest BCUT2D eigenvalue weighted by molar-refractivity contribution is 0.0691. The molecule has 0 bridgehead atoms. The molecule has 1 aromatic rings. The van der Waals surface area contributed by atoms with E-state index in [9.17, 15) is 9.18 Å². The van der Waals surface area contributed by atoms with E-state index in [4.69, 9.17) is 5.11 Å². The van der Waals surface area contributed by atoms with Crippen LogP contribution in [0.1, 0.15) is 10.4 Å². The molecule has 0 unspecified atom stereocenters. The number of carboxylic acids is 1. The number of carbonyl (C=O) groups is 1. The van der Waals surface area contributed by atoms with Gasteiger partial charge in [-0.3, -0.25) is 0 Å². The van der Waals surface area contributed by atoms with E-state index in [0.717, 1.165) is 0 Å². The first-order valence-electron chi connectivity index (χ1n) is 2.90. The second kappa shape index (κ2) is 3.69. The van der Waals surface area contributed by atoms with Crippen LogP contribution in [0.5, 0.6) is 0 Å². The zero-order chi connectivity index (χ0) is 9.30. The maximum Gasteiger partial charge on any atom is 0.339 e. The van der Waals surface area contributed by atoms with Crippen molar-refractivity contribution in [3.05, 3.63) is 31.6 Å². The van der Waals surface area contributed by atoms with Gasteiger partial charge >= 0.3 is 5.97 Å². The monoisotopic (exact) mass is 344 g/mol. The number of halogens is 3. The number of aromatic carboxylic acids is 1. The molecule has 1 N–H and O–H groups in total. The van der Waals surface area contributed by atoms with Crippen LogP contribution < -0.4 is 0 Å². The Balaban J connectivity index is 3.38. The van der Waals surface area contributed by atoms with Gasteiger partial charge in [-0.05, 0) is 50.7 Å². The Morgan fingerprint density at radius 2 is 2.17 bits per heavy atom. The molecule has 0 fully saturated rings. The van der Waals surface area contributed by atoms with Gasteiger partial charge in [-0.1, -0.05) is 0 Å². The predicted molar refractivity (Wildman–Crippen MR) is 53.8 cm³/mol. The molecule has 5 heteroatoms. The van der Waals surface area contributed by atoms with Crippen LogP contribution in [0.2, 0.25) is 0 Å². The van der Waals surface area contributed by atoms with Crippen molar-refractivity contribution in [1.29, 1.82) is 0 Å². The van der Waals surface area contributed by atoms with E-state index in [2.05, 4.69) is 15.9 Å². The molecule has 2 nitrogen and oxygen atoms in total. The average Bonchev–Trinajstić information content (AvgIpc) is 1.82. The molecule has 12 heavy (non-hydrogen) atoms. The fraction of sp³-hybridized carbons (Fsp3) is 0. The summed E-state index contributed by atoms with van der Waals surface area (Å²) in [5.74, 6) is -1.99. The maximum atomic E-state index is 12.9. The predicted octanol–water partition coefficient (Wildman–Crippen LogP) is 2.89. The van der Waals surface area contributed by atoms with Gasteiger partial charge in [0.15, 0.2) is 0 Å². The highest BCUT2D eigenvalue weighted by Gasteiger charge is 2.14. The summed E-state index contributed by atoms with van der Waals surface area (Å²) in [6, 6.07) is 2.72. The van der Waals surface area contributed by atoms with Crippen LogP contribution in [-0.4, -0.2) is 11.1 Å². The molecular weight excluding hydrogens is 342 g/mol. The summed E-state index contributed by atoms with van der Waals surface area (Å²) in [7, 11) is 0. The Morgan fingerprint density at radius 1 is 1.58 bits per heavy atom. The topological polar surface area (TPSA) is 37.3 Å². The molecule has 0 spiro atoms. The van der Waals surface area contributed by atoms with Crippen LogP contribution in [0.25, 0.3) is 0 Å². The smallest absolute Gasteiger partial charge is 0.339 e. The summed E-state index contributed by atoms with van der Waals surface area (Å²) in [6.07, 6.45) is 0. The number of rotatable bonds is 1. The molecule has 64 valence electrons. The zero-order valence-electron chi connectivity index (χ0n) is 5.64. The summed E-state index contributed by atoms with van der Waals surface area (Å²) in [5.41, 5.74) is -0.324. The third-order valence-corrected chi connectivity index (χ3v) is 2.47. The number of benzene rings is 1. The number of hydrogen-bond acceptors (Lipinski definition) is 1.